The fourth-order valence-corrected chi connectivity index (χ4v) is 3.74. The number of fused-ring (bicyclic) bond motifs is 1. The van der Waals surface area contributed by atoms with E-state index in [0.29, 0.717) is 19.4 Å². The third-order valence-electron chi connectivity index (χ3n) is 5.32. The van der Waals surface area contributed by atoms with Crippen molar-refractivity contribution in [3.8, 4) is 11.5 Å². The second-order valence-corrected chi connectivity index (χ2v) is 7.08. The van der Waals surface area contributed by atoms with Crippen molar-refractivity contribution in [1.29, 1.82) is 0 Å². The van der Waals surface area contributed by atoms with Crippen molar-refractivity contribution in [3.05, 3.63) is 57.5 Å². The van der Waals surface area contributed by atoms with Gasteiger partial charge in [0.2, 0.25) is 5.43 Å². The van der Waals surface area contributed by atoms with E-state index in [0.717, 1.165) is 23.3 Å². The molecule has 2 heterocycles. The lowest BCUT2D eigenvalue weighted by molar-refractivity contribution is 0.0234. The first-order valence-electron chi connectivity index (χ1n) is 9.06. The van der Waals surface area contributed by atoms with Crippen LogP contribution < -0.4 is 20.2 Å². The molecule has 1 atom stereocenters. The maximum absolute atomic E-state index is 12.7. The van der Waals surface area contributed by atoms with E-state index in [1.165, 1.54) is 19.4 Å². The van der Waals surface area contributed by atoms with Crippen LogP contribution in [0, 0.1) is 5.92 Å². The summed E-state index contributed by atoms with van der Waals surface area (Å²) in [5.41, 5.74) is 1.94. The first-order valence-corrected chi connectivity index (χ1v) is 9.06. The zero-order chi connectivity index (χ0) is 19.0. The van der Waals surface area contributed by atoms with Gasteiger partial charge in [-0.2, -0.15) is 0 Å². The van der Waals surface area contributed by atoms with Crippen molar-refractivity contribution in [2.75, 3.05) is 13.7 Å². The summed E-state index contributed by atoms with van der Waals surface area (Å²) in [5.74, 6) is 0.827. The van der Waals surface area contributed by atoms with Crippen LogP contribution in [0.4, 0.5) is 0 Å². The minimum atomic E-state index is -0.363. The van der Waals surface area contributed by atoms with E-state index in [1.54, 1.807) is 0 Å². The number of amides is 1. The number of pyridine rings is 1. The molecule has 0 spiro atoms. The zero-order valence-electron chi connectivity index (χ0n) is 15.0. The van der Waals surface area contributed by atoms with Gasteiger partial charge in [0.25, 0.3) is 5.91 Å². The van der Waals surface area contributed by atoms with E-state index < -0.39 is 0 Å². The molecule has 4 rings (SSSR count). The number of ether oxygens (including phenoxy) is 2. The molecule has 7 nitrogen and oxygen atoms in total. The number of benzene rings is 1. The lowest BCUT2D eigenvalue weighted by Gasteiger charge is -2.38. The summed E-state index contributed by atoms with van der Waals surface area (Å²) in [5, 5.41) is 12.7. The number of aromatic amines is 1. The van der Waals surface area contributed by atoms with E-state index in [-0.39, 0.29) is 40.8 Å². The fraction of sp³-hybridized carbons (Fsp3) is 0.400. The van der Waals surface area contributed by atoms with E-state index in [2.05, 4.69) is 16.4 Å². The van der Waals surface area contributed by atoms with Gasteiger partial charge in [-0.15, -0.1) is 0 Å². The van der Waals surface area contributed by atoms with E-state index >= 15 is 0 Å². The number of hydrogen-bond acceptors (Lipinski definition) is 5. The van der Waals surface area contributed by atoms with Gasteiger partial charge in [-0.1, -0.05) is 6.07 Å². The Morgan fingerprint density at radius 2 is 2.19 bits per heavy atom. The molecule has 2 aromatic rings. The van der Waals surface area contributed by atoms with Gasteiger partial charge in [-0.25, -0.2) is 0 Å². The zero-order valence-corrected chi connectivity index (χ0v) is 15.0. The maximum atomic E-state index is 12.7. The van der Waals surface area contributed by atoms with Crippen LogP contribution in [0.5, 0.6) is 11.5 Å². The number of aromatic nitrogens is 1. The second kappa shape index (κ2) is 7.08. The van der Waals surface area contributed by atoms with Crippen molar-refractivity contribution < 1.29 is 19.4 Å². The monoisotopic (exact) mass is 370 g/mol. The van der Waals surface area contributed by atoms with Gasteiger partial charge in [0.15, 0.2) is 5.75 Å². The fourth-order valence-electron chi connectivity index (χ4n) is 3.74. The Balaban J connectivity index is 1.59. The average molecular weight is 370 g/mol. The van der Waals surface area contributed by atoms with Crippen molar-refractivity contribution in [3.63, 3.8) is 0 Å². The normalized spacial score (nSPS) is 21.6. The van der Waals surface area contributed by atoms with Crippen LogP contribution in [0.15, 0.2) is 35.3 Å². The lowest BCUT2D eigenvalue weighted by Crippen LogP contribution is -2.41. The molecule has 1 fully saturated rings. The number of H-pyrrole nitrogens is 1. The van der Waals surface area contributed by atoms with Gasteiger partial charge in [0.1, 0.15) is 11.4 Å². The highest BCUT2D eigenvalue weighted by Gasteiger charge is 2.36. The molecule has 7 heteroatoms. The van der Waals surface area contributed by atoms with Crippen molar-refractivity contribution in [1.82, 2.24) is 10.3 Å². The summed E-state index contributed by atoms with van der Waals surface area (Å²) in [7, 11) is 1.40. The Bertz CT molecular complexity index is 917. The standard InChI is InChI=1S/C20H22N2O5/c1-26-18-10-21-15(9-16(18)24)20(25)22-19(13-7-14(23)8-13)12-2-3-17-11(6-12)4-5-27-17/h2-3,6,9-10,13-14,19,23H,4-5,7-8H2,1H3,(H,21,24)(H,22,25). The Morgan fingerprint density at radius 3 is 2.89 bits per heavy atom. The molecule has 3 N–H and O–H groups in total. The number of carbonyl (C=O) groups is 1. The molecule has 0 bridgehead atoms. The molecule has 27 heavy (non-hydrogen) atoms. The first-order chi connectivity index (χ1) is 13.0. The van der Waals surface area contributed by atoms with E-state index in [1.807, 2.05) is 12.1 Å². The third-order valence-corrected chi connectivity index (χ3v) is 5.32. The van der Waals surface area contributed by atoms with Crippen molar-refractivity contribution in [2.45, 2.75) is 31.4 Å². The number of rotatable bonds is 5. The Hall–Kier alpha value is -2.80. The van der Waals surface area contributed by atoms with Crippen LogP contribution in [-0.2, 0) is 6.42 Å². The summed E-state index contributed by atoms with van der Waals surface area (Å²) in [4.78, 5) is 27.5. The molecule has 1 unspecified atom stereocenters. The number of nitrogens with one attached hydrogen (secondary N) is 2. The molecule has 1 aliphatic heterocycles. The van der Waals surface area contributed by atoms with Gasteiger partial charge in [0.05, 0.1) is 25.9 Å². The molecular formula is C20H22N2O5. The molecule has 1 aromatic heterocycles. The molecular weight excluding hydrogens is 348 g/mol. The van der Waals surface area contributed by atoms with Crippen LogP contribution in [0.25, 0.3) is 0 Å². The third kappa shape index (κ3) is 3.42. The quantitative estimate of drug-likeness (QED) is 0.742. The van der Waals surface area contributed by atoms with E-state index in [4.69, 9.17) is 9.47 Å². The molecule has 142 valence electrons. The smallest absolute Gasteiger partial charge is 0.268 e. The summed E-state index contributed by atoms with van der Waals surface area (Å²) in [6.07, 6.45) is 3.18. The summed E-state index contributed by atoms with van der Waals surface area (Å²) >= 11 is 0. The first kappa shape index (κ1) is 17.6. The topological polar surface area (TPSA) is 101 Å². The molecule has 1 aliphatic carbocycles. The highest BCUT2D eigenvalue weighted by Crippen LogP contribution is 2.39. The molecule has 0 radical (unpaired) electrons. The predicted molar refractivity (Wildman–Crippen MR) is 98.2 cm³/mol. The minimum absolute atomic E-state index is 0.147. The molecule has 0 saturated heterocycles. The summed E-state index contributed by atoms with van der Waals surface area (Å²) < 4.78 is 10.5. The predicted octanol–water partition coefficient (Wildman–Crippen LogP) is 1.56. The van der Waals surface area contributed by atoms with Crippen molar-refractivity contribution >= 4 is 5.91 Å². The van der Waals surface area contributed by atoms with Crippen molar-refractivity contribution in [2.24, 2.45) is 5.92 Å². The highest BCUT2D eigenvalue weighted by atomic mass is 16.5. The summed E-state index contributed by atoms with van der Waals surface area (Å²) in [6.45, 7) is 0.672. The van der Waals surface area contributed by atoms with Gasteiger partial charge in [-0.05, 0) is 42.0 Å². The van der Waals surface area contributed by atoms with Crippen LogP contribution >= 0.6 is 0 Å². The summed E-state index contributed by atoms with van der Waals surface area (Å²) in [6, 6.07) is 6.95. The number of aliphatic hydroxyl groups excluding tert-OH is 1. The van der Waals surface area contributed by atoms with Crippen LogP contribution in [0.3, 0.4) is 0 Å². The van der Waals surface area contributed by atoms with Gasteiger partial charge in [0, 0.05) is 18.7 Å². The Kier molecular flexibility index (Phi) is 4.61. The van der Waals surface area contributed by atoms with Gasteiger partial charge >= 0.3 is 0 Å². The average Bonchev–Trinajstić information content (AvgIpc) is 3.11. The van der Waals surface area contributed by atoms with Crippen LogP contribution in [0.2, 0.25) is 0 Å². The van der Waals surface area contributed by atoms with E-state index in [9.17, 15) is 14.7 Å². The number of methoxy groups -OCH3 is 1. The SMILES string of the molecule is COc1c[nH]c(C(=O)NC(c2ccc3c(c2)CCO3)C2CC(O)C2)cc1=O. The number of hydrogen-bond donors (Lipinski definition) is 3. The lowest BCUT2D eigenvalue weighted by atomic mass is 9.74. The molecule has 2 aliphatic rings. The van der Waals surface area contributed by atoms with Crippen LogP contribution in [0.1, 0.15) is 40.5 Å². The highest BCUT2D eigenvalue weighted by molar-refractivity contribution is 5.92. The Labute approximate surface area is 156 Å². The second-order valence-electron chi connectivity index (χ2n) is 7.08. The molecule has 1 amide bonds. The maximum Gasteiger partial charge on any atom is 0.268 e. The van der Waals surface area contributed by atoms with Gasteiger partial charge < -0.3 is 24.9 Å². The molecule has 1 saturated carbocycles. The Morgan fingerprint density at radius 1 is 1.37 bits per heavy atom. The largest absolute Gasteiger partial charge is 0.493 e. The van der Waals surface area contributed by atoms with Crippen LogP contribution in [-0.4, -0.2) is 35.8 Å². The number of carbonyl (C=O) groups excluding carboxylic acids is 1. The number of aliphatic hydroxyl groups is 1. The van der Waals surface area contributed by atoms with Gasteiger partial charge in [-0.3, -0.25) is 9.59 Å². The molecule has 1 aromatic carbocycles. The minimum Gasteiger partial charge on any atom is -0.493 e.